The van der Waals surface area contributed by atoms with Gasteiger partial charge in [0.15, 0.2) is 0 Å². The summed E-state index contributed by atoms with van der Waals surface area (Å²) >= 11 is 7.23. The summed E-state index contributed by atoms with van der Waals surface area (Å²) in [6.07, 6.45) is 2.84. The standard InChI is InChI=1S/C12H18BrNOS2/c1-8(14)12(10-4-5-11(13)17-10)16-7-9-3-2-6-15-9/h4-5,8-9,12H,2-3,6-7,14H2,1H3. The van der Waals surface area contributed by atoms with Gasteiger partial charge in [0.1, 0.15) is 0 Å². The van der Waals surface area contributed by atoms with Crippen molar-refractivity contribution in [2.45, 2.75) is 37.2 Å². The average Bonchev–Trinajstić information content (AvgIpc) is 2.90. The first-order chi connectivity index (χ1) is 8.16. The first-order valence-electron chi connectivity index (χ1n) is 5.91. The lowest BCUT2D eigenvalue weighted by molar-refractivity contribution is 0.128. The minimum atomic E-state index is 0.173. The van der Waals surface area contributed by atoms with Gasteiger partial charge in [0.25, 0.3) is 0 Å². The lowest BCUT2D eigenvalue weighted by atomic mass is 10.2. The van der Waals surface area contributed by atoms with Crippen LogP contribution in [0.2, 0.25) is 0 Å². The van der Waals surface area contributed by atoms with Crippen molar-refractivity contribution in [1.29, 1.82) is 0 Å². The van der Waals surface area contributed by atoms with Gasteiger partial charge in [-0.1, -0.05) is 0 Å². The molecule has 0 aliphatic carbocycles. The van der Waals surface area contributed by atoms with E-state index in [0.29, 0.717) is 11.4 Å². The van der Waals surface area contributed by atoms with E-state index in [1.54, 1.807) is 11.3 Å². The number of hydrogen-bond donors (Lipinski definition) is 1. The van der Waals surface area contributed by atoms with Gasteiger partial charge in [0.2, 0.25) is 0 Å². The maximum atomic E-state index is 6.09. The molecular formula is C12H18BrNOS2. The van der Waals surface area contributed by atoms with Gasteiger partial charge < -0.3 is 10.5 Å². The fourth-order valence-electron chi connectivity index (χ4n) is 1.96. The maximum Gasteiger partial charge on any atom is 0.0701 e. The van der Waals surface area contributed by atoms with Gasteiger partial charge in [-0.3, -0.25) is 0 Å². The number of hydrogen-bond acceptors (Lipinski definition) is 4. The smallest absolute Gasteiger partial charge is 0.0701 e. The average molecular weight is 336 g/mol. The Labute approximate surface area is 119 Å². The Morgan fingerprint density at radius 2 is 2.47 bits per heavy atom. The Morgan fingerprint density at radius 1 is 1.65 bits per heavy atom. The molecule has 3 atom stereocenters. The molecule has 1 saturated heterocycles. The van der Waals surface area contributed by atoms with Crippen molar-refractivity contribution in [3.8, 4) is 0 Å². The molecule has 1 aromatic heterocycles. The highest BCUT2D eigenvalue weighted by atomic mass is 79.9. The van der Waals surface area contributed by atoms with Crippen molar-refractivity contribution in [3.05, 3.63) is 20.8 Å². The predicted molar refractivity (Wildman–Crippen MR) is 79.8 cm³/mol. The fraction of sp³-hybridized carbons (Fsp3) is 0.667. The van der Waals surface area contributed by atoms with Gasteiger partial charge in [0.05, 0.1) is 15.1 Å². The Kier molecular flexibility index (Phi) is 5.36. The zero-order valence-electron chi connectivity index (χ0n) is 9.90. The van der Waals surface area contributed by atoms with Crippen LogP contribution < -0.4 is 5.73 Å². The highest BCUT2D eigenvalue weighted by molar-refractivity contribution is 9.11. The normalized spacial score (nSPS) is 23.8. The molecule has 1 aromatic rings. The molecule has 1 fully saturated rings. The van der Waals surface area contributed by atoms with E-state index in [2.05, 4.69) is 35.0 Å². The molecule has 0 bridgehead atoms. The molecule has 2 rings (SSSR count). The first kappa shape index (κ1) is 13.9. The number of nitrogens with two attached hydrogens (primary N) is 1. The molecule has 3 unspecified atom stereocenters. The molecule has 96 valence electrons. The van der Waals surface area contributed by atoms with Gasteiger partial charge in [-0.05, 0) is 47.8 Å². The summed E-state index contributed by atoms with van der Waals surface area (Å²) in [5, 5.41) is 0.385. The van der Waals surface area contributed by atoms with Crippen molar-refractivity contribution in [2.24, 2.45) is 5.73 Å². The maximum absolute atomic E-state index is 6.09. The third-order valence-electron chi connectivity index (χ3n) is 2.84. The summed E-state index contributed by atoms with van der Waals surface area (Å²) in [6, 6.07) is 4.44. The molecule has 2 N–H and O–H groups in total. The van der Waals surface area contributed by atoms with Crippen molar-refractivity contribution in [1.82, 2.24) is 0 Å². The van der Waals surface area contributed by atoms with E-state index < -0.39 is 0 Å². The SMILES string of the molecule is CC(N)C(SCC1CCCO1)c1ccc(Br)s1. The summed E-state index contributed by atoms with van der Waals surface area (Å²) in [7, 11) is 0. The molecule has 0 saturated carbocycles. The Hall–Kier alpha value is 0.450. The first-order valence-corrected chi connectivity index (χ1v) is 8.56. The number of ether oxygens (including phenoxy) is 1. The van der Waals surface area contributed by atoms with Crippen molar-refractivity contribution in [2.75, 3.05) is 12.4 Å². The van der Waals surface area contributed by atoms with Crippen LogP contribution in [0.3, 0.4) is 0 Å². The number of thiophene rings is 1. The third-order valence-corrected chi connectivity index (χ3v) is 6.30. The van der Waals surface area contributed by atoms with Crippen molar-refractivity contribution in [3.63, 3.8) is 0 Å². The second-order valence-corrected chi connectivity index (χ2v) is 8.06. The summed E-state index contributed by atoms with van der Waals surface area (Å²) < 4.78 is 6.83. The summed E-state index contributed by atoms with van der Waals surface area (Å²) in [4.78, 5) is 1.36. The van der Waals surface area contributed by atoms with Crippen LogP contribution in [0, 0.1) is 0 Å². The van der Waals surface area contributed by atoms with Crippen LogP contribution in [-0.2, 0) is 4.74 Å². The third kappa shape index (κ3) is 3.96. The van der Waals surface area contributed by atoms with Gasteiger partial charge in [0, 0.05) is 23.3 Å². The summed E-state index contributed by atoms with van der Waals surface area (Å²) in [5.41, 5.74) is 6.09. The van der Waals surface area contributed by atoms with E-state index in [-0.39, 0.29) is 6.04 Å². The van der Waals surface area contributed by atoms with E-state index in [0.717, 1.165) is 12.4 Å². The molecule has 1 aliphatic heterocycles. The van der Waals surface area contributed by atoms with Crippen molar-refractivity contribution < 1.29 is 4.74 Å². The van der Waals surface area contributed by atoms with E-state index >= 15 is 0 Å². The molecule has 2 nitrogen and oxygen atoms in total. The molecule has 0 radical (unpaired) electrons. The van der Waals surface area contributed by atoms with E-state index in [9.17, 15) is 0 Å². The quantitative estimate of drug-likeness (QED) is 0.888. The lowest BCUT2D eigenvalue weighted by Crippen LogP contribution is -2.23. The van der Waals surface area contributed by atoms with Gasteiger partial charge >= 0.3 is 0 Å². The minimum absolute atomic E-state index is 0.173. The van der Waals surface area contributed by atoms with E-state index in [1.807, 2.05) is 11.8 Å². The summed E-state index contributed by atoms with van der Waals surface area (Å²) in [5.74, 6) is 1.06. The number of thioether (sulfide) groups is 1. The molecule has 0 amide bonds. The van der Waals surface area contributed by atoms with Crippen molar-refractivity contribution >= 4 is 39.0 Å². The Morgan fingerprint density at radius 3 is 3.00 bits per heavy atom. The minimum Gasteiger partial charge on any atom is -0.377 e. The number of halogens is 1. The largest absolute Gasteiger partial charge is 0.377 e. The Bertz CT molecular complexity index is 350. The predicted octanol–water partition coefficient (Wildman–Crippen LogP) is 3.81. The zero-order chi connectivity index (χ0) is 12.3. The lowest BCUT2D eigenvalue weighted by Gasteiger charge is -2.20. The van der Waals surface area contributed by atoms with Gasteiger partial charge in [-0.2, -0.15) is 0 Å². The van der Waals surface area contributed by atoms with E-state index in [1.165, 1.54) is 21.5 Å². The second-order valence-electron chi connectivity index (χ2n) is 4.39. The zero-order valence-corrected chi connectivity index (χ0v) is 13.1. The van der Waals surface area contributed by atoms with Crippen LogP contribution in [0.1, 0.15) is 29.9 Å². The molecule has 0 spiro atoms. The summed E-state index contributed by atoms with van der Waals surface area (Å²) in [6.45, 7) is 3.01. The van der Waals surface area contributed by atoms with Gasteiger partial charge in [-0.25, -0.2) is 0 Å². The van der Waals surface area contributed by atoms with Crippen LogP contribution in [0.15, 0.2) is 15.9 Å². The van der Waals surface area contributed by atoms with E-state index in [4.69, 9.17) is 10.5 Å². The van der Waals surface area contributed by atoms with Gasteiger partial charge in [-0.15, -0.1) is 23.1 Å². The highest BCUT2D eigenvalue weighted by Gasteiger charge is 2.22. The molecule has 17 heavy (non-hydrogen) atoms. The Balaban J connectivity index is 1.92. The topological polar surface area (TPSA) is 35.2 Å². The highest BCUT2D eigenvalue weighted by Crippen LogP contribution is 2.38. The van der Waals surface area contributed by atoms with Crippen LogP contribution in [0.25, 0.3) is 0 Å². The fourth-order valence-corrected chi connectivity index (χ4v) is 5.06. The molecule has 1 aliphatic rings. The second kappa shape index (κ2) is 6.57. The molecule has 0 aromatic carbocycles. The monoisotopic (exact) mass is 335 g/mol. The molecule has 2 heterocycles. The van der Waals surface area contributed by atoms with Crippen LogP contribution in [0.5, 0.6) is 0 Å². The van der Waals surface area contributed by atoms with Crippen LogP contribution in [0.4, 0.5) is 0 Å². The van der Waals surface area contributed by atoms with Crippen LogP contribution in [-0.4, -0.2) is 24.5 Å². The number of rotatable bonds is 5. The molecular weight excluding hydrogens is 318 g/mol. The molecule has 5 heteroatoms. The van der Waals surface area contributed by atoms with Crippen LogP contribution >= 0.6 is 39.0 Å².